The zero-order valence-electron chi connectivity index (χ0n) is 12.9. The Kier molecular flexibility index (Phi) is 4.45. The number of rotatable bonds is 3. The molecule has 0 amide bonds. The Morgan fingerprint density at radius 2 is 1.46 bits per heavy atom. The van der Waals surface area contributed by atoms with Crippen molar-refractivity contribution in [2.75, 3.05) is 7.11 Å². The fourth-order valence-electron chi connectivity index (χ4n) is 2.15. The molecule has 26 heavy (non-hydrogen) atoms. The van der Waals surface area contributed by atoms with Crippen molar-refractivity contribution in [3.63, 3.8) is 0 Å². The topological polar surface area (TPSA) is 47.9 Å². The number of esters is 1. The first-order valence-electron chi connectivity index (χ1n) is 7.02. The molecule has 1 heterocycles. The molecular weight excluding hydrogens is 361 g/mol. The highest BCUT2D eigenvalue weighted by Gasteiger charge is 2.29. The van der Waals surface area contributed by atoms with Gasteiger partial charge in [0.1, 0.15) is 5.75 Å². The Hall–Kier alpha value is -3.23. The molecule has 2 aromatic carbocycles. The van der Waals surface area contributed by atoms with E-state index in [4.69, 9.17) is 9.47 Å². The minimum atomic E-state index is -2.29. The highest BCUT2D eigenvalue weighted by atomic mass is 19.2. The van der Waals surface area contributed by atoms with Crippen LogP contribution in [0.3, 0.4) is 0 Å². The fourth-order valence-corrected chi connectivity index (χ4v) is 2.15. The molecule has 0 saturated heterocycles. The molecule has 0 saturated carbocycles. The van der Waals surface area contributed by atoms with E-state index >= 15 is 0 Å². The number of hydrogen-bond acceptors (Lipinski definition) is 4. The van der Waals surface area contributed by atoms with Gasteiger partial charge < -0.3 is 9.47 Å². The zero-order chi connectivity index (χ0) is 19.0. The largest absolute Gasteiger partial charge is 0.497 e. The van der Waals surface area contributed by atoms with Gasteiger partial charge >= 0.3 is 5.97 Å². The van der Waals surface area contributed by atoms with Crippen molar-refractivity contribution in [1.29, 1.82) is 0 Å². The minimum Gasteiger partial charge on any atom is -0.497 e. The molecule has 0 spiro atoms. The van der Waals surface area contributed by atoms with Crippen molar-refractivity contribution in [1.82, 2.24) is 0 Å². The van der Waals surface area contributed by atoms with Crippen LogP contribution < -0.4 is 4.74 Å². The lowest BCUT2D eigenvalue weighted by Gasteiger charge is -2.04. The van der Waals surface area contributed by atoms with E-state index in [1.807, 2.05) is 0 Å². The second kappa shape index (κ2) is 6.58. The number of aliphatic imine (C=N–C) groups is 1. The van der Waals surface area contributed by atoms with Gasteiger partial charge in [0.2, 0.25) is 11.7 Å². The third kappa shape index (κ3) is 2.92. The molecule has 0 radical (unpaired) electrons. The predicted molar refractivity (Wildman–Crippen MR) is 79.8 cm³/mol. The molecule has 0 fully saturated rings. The Morgan fingerprint density at radius 3 is 2.00 bits per heavy atom. The van der Waals surface area contributed by atoms with E-state index in [9.17, 15) is 26.7 Å². The summed E-state index contributed by atoms with van der Waals surface area (Å²) in [6.07, 6.45) is 0.440. The number of methoxy groups -OCH3 is 1. The summed E-state index contributed by atoms with van der Waals surface area (Å²) in [5, 5.41) is 0. The third-order valence-corrected chi connectivity index (χ3v) is 3.48. The molecule has 0 aromatic heterocycles. The minimum absolute atomic E-state index is 0.187. The summed E-state index contributed by atoms with van der Waals surface area (Å²) in [4.78, 5) is 15.6. The van der Waals surface area contributed by atoms with Crippen molar-refractivity contribution >= 4 is 17.9 Å². The molecule has 0 bridgehead atoms. The van der Waals surface area contributed by atoms with Crippen molar-refractivity contribution in [3.05, 3.63) is 70.2 Å². The van der Waals surface area contributed by atoms with Crippen LogP contribution in [-0.2, 0) is 9.53 Å². The van der Waals surface area contributed by atoms with Crippen LogP contribution in [0.5, 0.6) is 5.75 Å². The molecule has 2 aromatic rings. The molecule has 0 atom stereocenters. The first-order chi connectivity index (χ1) is 12.3. The second-order valence-corrected chi connectivity index (χ2v) is 5.05. The summed E-state index contributed by atoms with van der Waals surface area (Å²) in [7, 11) is 1.45. The number of hydrogen-bond donors (Lipinski definition) is 0. The van der Waals surface area contributed by atoms with Gasteiger partial charge in [-0.1, -0.05) is 0 Å². The summed E-state index contributed by atoms with van der Waals surface area (Å²) in [6, 6.07) is 6.12. The molecule has 1 aliphatic heterocycles. The molecule has 0 unspecified atom stereocenters. The zero-order valence-corrected chi connectivity index (χ0v) is 12.9. The highest BCUT2D eigenvalue weighted by Crippen LogP contribution is 2.27. The number of halogens is 5. The Balaban J connectivity index is 2.04. The van der Waals surface area contributed by atoms with Crippen molar-refractivity contribution in [2.24, 2.45) is 4.99 Å². The number of carbonyl (C=O) groups is 1. The van der Waals surface area contributed by atoms with E-state index in [0.29, 0.717) is 17.4 Å². The van der Waals surface area contributed by atoms with Gasteiger partial charge in [-0.2, -0.15) is 0 Å². The van der Waals surface area contributed by atoms with E-state index in [-0.39, 0.29) is 5.90 Å². The highest BCUT2D eigenvalue weighted by molar-refractivity contribution is 6.12. The third-order valence-electron chi connectivity index (χ3n) is 3.48. The summed E-state index contributed by atoms with van der Waals surface area (Å²) in [6.45, 7) is 0. The quantitative estimate of drug-likeness (QED) is 0.272. The van der Waals surface area contributed by atoms with Gasteiger partial charge in [0.25, 0.3) is 0 Å². The van der Waals surface area contributed by atoms with Crippen LogP contribution in [0.4, 0.5) is 22.0 Å². The van der Waals surface area contributed by atoms with Crippen LogP contribution in [0, 0.1) is 29.1 Å². The molecule has 0 N–H and O–H groups in total. The maximum Gasteiger partial charge on any atom is 0.363 e. The van der Waals surface area contributed by atoms with Crippen molar-refractivity contribution in [3.8, 4) is 5.75 Å². The first kappa shape index (κ1) is 17.6. The number of benzene rings is 2. The number of cyclic esters (lactones) is 1. The number of nitrogens with zero attached hydrogens (tertiary/aromatic N) is 1. The Morgan fingerprint density at radius 1 is 0.923 bits per heavy atom. The Labute approximate surface area is 143 Å². The summed E-state index contributed by atoms with van der Waals surface area (Å²) >= 11 is 0. The molecule has 1 aliphatic rings. The van der Waals surface area contributed by atoms with Crippen LogP contribution in [0.15, 0.2) is 35.0 Å². The molecule has 134 valence electrons. The SMILES string of the molecule is COc1ccc(C2=N/C(=C/c3c(F)c(F)c(F)c(F)c3F)C(=O)O2)cc1. The van der Waals surface area contributed by atoms with Gasteiger partial charge in [0, 0.05) is 5.56 Å². The molecule has 0 aliphatic carbocycles. The predicted octanol–water partition coefficient (Wildman–Crippen LogP) is 3.74. The monoisotopic (exact) mass is 369 g/mol. The van der Waals surface area contributed by atoms with E-state index in [1.165, 1.54) is 19.2 Å². The van der Waals surface area contributed by atoms with E-state index < -0.39 is 46.3 Å². The van der Waals surface area contributed by atoms with E-state index in [2.05, 4.69) is 4.99 Å². The Bertz CT molecular complexity index is 938. The van der Waals surface area contributed by atoms with Crippen molar-refractivity contribution in [2.45, 2.75) is 0 Å². The van der Waals surface area contributed by atoms with Crippen LogP contribution in [-0.4, -0.2) is 19.0 Å². The van der Waals surface area contributed by atoms with E-state index in [1.54, 1.807) is 12.1 Å². The van der Waals surface area contributed by atoms with Crippen LogP contribution in [0.1, 0.15) is 11.1 Å². The maximum atomic E-state index is 13.7. The smallest absolute Gasteiger partial charge is 0.363 e. The van der Waals surface area contributed by atoms with E-state index in [0.717, 1.165) is 0 Å². The lowest BCUT2D eigenvalue weighted by molar-refractivity contribution is -0.129. The number of ether oxygens (including phenoxy) is 2. The summed E-state index contributed by atoms with van der Waals surface area (Å²) in [5.41, 5.74) is -1.55. The molecular formula is C17H8F5NO3. The average molecular weight is 369 g/mol. The van der Waals surface area contributed by atoms with Crippen LogP contribution in [0.25, 0.3) is 6.08 Å². The summed E-state index contributed by atoms with van der Waals surface area (Å²) in [5.74, 6) is -11.4. The second-order valence-electron chi connectivity index (χ2n) is 5.05. The fraction of sp³-hybridized carbons (Fsp3) is 0.0588. The standard InChI is InChI=1S/C17H8F5NO3/c1-25-8-4-2-7(3-5-8)16-23-10(17(24)26-16)6-9-11(18)13(20)15(22)14(21)12(9)19/h2-6H,1H3/b10-6+. The average Bonchev–Trinajstić information content (AvgIpc) is 3.02. The molecule has 3 rings (SSSR count). The first-order valence-corrected chi connectivity index (χ1v) is 7.02. The van der Waals surface area contributed by atoms with Gasteiger partial charge in [-0.15, -0.1) is 0 Å². The summed E-state index contributed by atoms with van der Waals surface area (Å²) < 4.78 is 76.8. The lowest BCUT2D eigenvalue weighted by Crippen LogP contribution is -2.06. The molecule has 9 heteroatoms. The normalized spacial score (nSPS) is 15.2. The van der Waals surface area contributed by atoms with Gasteiger partial charge in [0.05, 0.1) is 12.7 Å². The lowest BCUT2D eigenvalue weighted by atomic mass is 10.1. The van der Waals surface area contributed by atoms with Crippen LogP contribution >= 0.6 is 0 Å². The van der Waals surface area contributed by atoms with Gasteiger partial charge in [0.15, 0.2) is 29.0 Å². The van der Waals surface area contributed by atoms with Gasteiger partial charge in [-0.25, -0.2) is 31.7 Å². The maximum absolute atomic E-state index is 13.7. The van der Waals surface area contributed by atoms with Crippen LogP contribution in [0.2, 0.25) is 0 Å². The van der Waals surface area contributed by atoms with Crippen molar-refractivity contribution < 1.29 is 36.2 Å². The number of carbonyl (C=O) groups excluding carboxylic acids is 1. The molecule has 4 nitrogen and oxygen atoms in total. The van der Waals surface area contributed by atoms with Gasteiger partial charge in [-0.3, -0.25) is 0 Å². The van der Waals surface area contributed by atoms with Gasteiger partial charge in [-0.05, 0) is 30.3 Å².